The summed E-state index contributed by atoms with van der Waals surface area (Å²) in [7, 11) is 2.00. The van der Waals surface area contributed by atoms with Crippen molar-refractivity contribution in [3.05, 3.63) is 0 Å². The van der Waals surface area contributed by atoms with E-state index in [1.165, 1.54) is 0 Å². The Morgan fingerprint density at radius 2 is 1.95 bits per heavy atom. The van der Waals surface area contributed by atoms with E-state index in [4.69, 9.17) is 9.84 Å². The molecule has 116 valence electrons. The third kappa shape index (κ3) is 5.77. The van der Waals surface area contributed by atoms with Gasteiger partial charge >= 0.3 is 12.1 Å². The number of nitrogens with zero attached hydrogens (tertiary/aromatic N) is 1. The van der Waals surface area contributed by atoms with Crippen molar-refractivity contribution in [3.8, 4) is 0 Å². The number of nitrogens with one attached hydrogen (secondary N) is 1. The zero-order chi connectivity index (χ0) is 15.4. The highest BCUT2D eigenvalue weighted by Gasteiger charge is 2.37. The highest BCUT2D eigenvalue weighted by Crippen LogP contribution is 2.26. The van der Waals surface area contributed by atoms with E-state index in [0.29, 0.717) is 12.8 Å². The fourth-order valence-electron chi connectivity index (χ4n) is 2.48. The molecule has 1 atom stereocenters. The number of carboxylic acid groups (broad SMARTS) is 1. The van der Waals surface area contributed by atoms with Crippen molar-refractivity contribution in [1.29, 1.82) is 0 Å². The summed E-state index contributed by atoms with van der Waals surface area (Å²) in [4.78, 5) is 25.2. The van der Waals surface area contributed by atoms with Gasteiger partial charge in [-0.2, -0.15) is 0 Å². The van der Waals surface area contributed by atoms with Gasteiger partial charge in [-0.15, -0.1) is 0 Å². The van der Waals surface area contributed by atoms with Crippen LogP contribution >= 0.6 is 0 Å². The monoisotopic (exact) mass is 286 g/mol. The zero-order valence-electron chi connectivity index (χ0n) is 12.9. The number of likely N-dealkylation sites (tertiary alicyclic amines) is 1. The SMILES string of the molecule is CN1CCCC(CC(=O)O)(NC(=O)OC(C)(C)C)CC1. The first kappa shape index (κ1) is 16.8. The summed E-state index contributed by atoms with van der Waals surface area (Å²) in [6, 6.07) is 0. The van der Waals surface area contributed by atoms with Gasteiger partial charge < -0.3 is 20.1 Å². The van der Waals surface area contributed by atoms with Crippen LogP contribution in [0.5, 0.6) is 0 Å². The molecule has 1 saturated heterocycles. The maximum atomic E-state index is 12.0. The van der Waals surface area contributed by atoms with Gasteiger partial charge in [-0.1, -0.05) is 0 Å². The zero-order valence-corrected chi connectivity index (χ0v) is 12.9. The first-order valence-corrected chi connectivity index (χ1v) is 7.03. The molecule has 1 unspecified atom stereocenters. The molecule has 0 aromatic heterocycles. The normalized spacial score (nSPS) is 24.8. The largest absolute Gasteiger partial charge is 0.481 e. The van der Waals surface area contributed by atoms with E-state index < -0.39 is 23.2 Å². The fraction of sp³-hybridized carbons (Fsp3) is 0.857. The smallest absolute Gasteiger partial charge is 0.408 e. The molecule has 1 heterocycles. The third-order valence-electron chi connectivity index (χ3n) is 3.42. The van der Waals surface area contributed by atoms with E-state index in [0.717, 1.165) is 19.5 Å². The summed E-state index contributed by atoms with van der Waals surface area (Å²) in [6.45, 7) is 7.05. The van der Waals surface area contributed by atoms with Crippen molar-refractivity contribution in [1.82, 2.24) is 10.2 Å². The Bertz CT molecular complexity index is 365. The van der Waals surface area contributed by atoms with E-state index >= 15 is 0 Å². The van der Waals surface area contributed by atoms with Crippen molar-refractivity contribution in [2.24, 2.45) is 0 Å². The van der Waals surface area contributed by atoms with Crippen LogP contribution in [0.25, 0.3) is 0 Å². The Kier molecular flexibility index (Phi) is 5.39. The average Bonchev–Trinajstić information content (AvgIpc) is 2.37. The van der Waals surface area contributed by atoms with E-state index in [1.807, 2.05) is 7.05 Å². The number of hydrogen-bond donors (Lipinski definition) is 2. The molecule has 1 fully saturated rings. The van der Waals surface area contributed by atoms with E-state index in [9.17, 15) is 9.59 Å². The number of ether oxygens (including phenoxy) is 1. The Balaban J connectivity index is 2.77. The maximum Gasteiger partial charge on any atom is 0.408 e. The number of aliphatic carboxylic acids is 1. The molecule has 1 aliphatic rings. The van der Waals surface area contributed by atoms with Crippen LogP contribution in [-0.2, 0) is 9.53 Å². The van der Waals surface area contributed by atoms with Crippen molar-refractivity contribution < 1.29 is 19.4 Å². The van der Waals surface area contributed by atoms with Crippen LogP contribution in [0.4, 0.5) is 4.79 Å². The third-order valence-corrected chi connectivity index (χ3v) is 3.42. The van der Waals surface area contributed by atoms with Gasteiger partial charge in [0.25, 0.3) is 0 Å². The number of carbonyl (C=O) groups excluding carboxylic acids is 1. The van der Waals surface area contributed by atoms with Crippen LogP contribution in [0.2, 0.25) is 0 Å². The van der Waals surface area contributed by atoms with Gasteiger partial charge in [0, 0.05) is 6.54 Å². The van der Waals surface area contributed by atoms with Crippen molar-refractivity contribution in [2.45, 2.75) is 57.6 Å². The standard InChI is InChI=1S/C14H26N2O4/c1-13(2,3)20-12(19)15-14(10-11(17)18)6-5-8-16(4)9-7-14/h5-10H2,1-4H3,(H,15,19)(H,17,18). The summed E-state index contributed by atoms with van der Waals surface area (Å²) in [6.07, 6.45) is 1.53. The van der Waals surface area contributed by atoms with E-state index in [2.05, 4.69) is 10.2 Å². The van der Waals surface area contributed by atoms with Crippen molar-refractivity contribution in [2.75, 3.05) is 20.1 Å². The minimum atomic E-state index is -0.898. The summed E-state index contributed by atoms with van der Waals surface area (Å²) >= 11 is 0. The Labute approximate surface area is 120 Å². The predicted molar refractivity (Wildman–Crippen MR) is 75.7 cm³/mol. The van der Waals surface area contributed by atoms with Gasteiger partial charge in [0.15, 0.2) is 0 Å². The lowest BCUT2D eigenvalue weighted by Crippen LogP contribution is -2.51. The van der Waals surface area contributed by atoms with Gasteiger partial charge in [0.1, 0.15) is 5.60 Å². The number of hydrogen-bond acceptors (Lipinski definition) is 4. The highest BCUT2D eigenvalue weighted by atomic mass is 16.6. The highest BCUT2D eigenvalue weighted by molar-refractivity contribution is 5.73. The van der Waals surface area contributed by atoms with Crippen LogP contribution < -0.4 is 5.32 Å². The summed E-state index contributed by atoms with van der Waals surface area (Å²) in [5.41, 5.74) is -1.30. The number of amides is 1. The summed E-state index contributed by atoms with van der Waals surface area (Å²) < 4.78 is 5.26. The number of carboxylic acids is 1. The van der Waals surface area contributed by atoms with Gasteiger partial charge in [0.2, 0.25) is 0 Å². The molecule has 0 radical (unpaired) electrons. The maximum absolute atomic E-state index is 12.0. The quantitative estimate of drug-likeness (QED) is 0.827. The van der Waals surface area contributed by atoms with Gasteiger partial charge in [0.05, 0.1) is 12.0 Å². The second kappa shape index (κ2) is 6.43. The Morgan fingerprint density at radius 3 is 2.50 bits per heavy atom. The van der Waals surface area contributed by atoms with Crippen LogP contribution in [0.3, 0.4) is 0 Å². The summed E-state index contributed by atoms with van der Waals surface area (Å²) in [5.74, 6) is -0.898. The molecule has 20 heavy (non-hydrogen) atoms. The van der Waals surface area contributed by atoms with Crippen LogP contribution in [0.15, 0.2) is 0 Å². The average molecular weight is 286 g/mol. The Morgan fingerprint density at radius 1 is 1.30 bits per heavy atom. The molecule has 1 rings (SSSR count). The van der Waals surface area contributed by atoms with Gasteiger partial charge in [-0.25, -0.2) is 4.79 Å². The lowest BCUT2D eigenvalue weighted by Gasteiger charge is -2.33. The second-order valence-corrected chi connectivity index (χ2v) is 6.63. The van der Waals surface area contributed by atoms with E-state index in [1.54, 1.807) is 20.8 Å². The molecule has 0 aromatic carbocycles. The second-order valence-electron chi connectivity index (χ2n) is 6.63. The Hall–Kier alpha value is -1.30. The van der Waals surface area contributed by atoms with Crippen LogP contribution in [0.1, 0.15) is 46.5 Å². The van der Waals surface area contributed by atoms with Gasteiger partial charge in [-0.3, -0.25) is 4.79 Å². The number of alkyl carbamates (subject to hydrolysis) is 1. The molecule has 2 N–H and O–H groups in total. The lowest BCUT2D eigenvalue weighted by atomic mass is 9.87. The number of rotatable bonds is 3. The molecule has 1 aliphatic heterocycles. The first-order chi connectivity index (χ1) is 9.12. The minimum Gasteiger partial charge on any atom is -0.481 e. The molecule has 0 aromatic rings. The molecule has 1 amide bonds. The molecular weight excluding hydrogens is 260 g/mol. The molecule has 6 heteroatoms. The number of carbonyl (C=O) groups is 2. The fourth-order valence-corrected chi connectivity index (χ4v) is 2.48. The summed E-state index contributed by atoms with van der Waals surface area (Å²) in [5, 5.41) is 11.9. The first-order valence-electron chi connectivity index (χ1n) is 7.03. The molecule has 6 nitrogen and oxygen atoms in total. The van der Waals surface area contributed by atoms with Gasteiger partial charge in [-0.05, 0) is 53.6 Å². The molecular formula is C14H26N2O4. The molecule has 0 spiro atoms. The predicted octanol–water partition coefficient (Wildman–Crippen LogP) is 1.84. The lowest BCUT2D eigenvalue weighted by molar-refractivity contribution is -0.138. The topological polar surface area (TPSA) is 78.9 Å². The molecule has 0 bridgehead atoms. The van der Waals surface area contributed by atoms with Crippen LogP contribution in [-0.4, -0.2) is 53.3 Å². The molecule has 0 saturated carbocycles. The molecule has 0 aliphatic carbocycles. The van der Waals surface area contributed by atoms with E-state index in [-0.39, 0.29) is 6.42 Å². The van der Waals surface area contributed by atoms with Crippen LogP contribution in [0, 0.1) is 0 Å². The van der Waals surface area contributed by atoms with Crippen molar-refractivity contribution in [3.63, 3.8) is 0 Å². The minimum absolute atomic E-state index is 0.0694. The van der Waals surface area contributed by atoms with Crippen molar-refractivity contribution >= 4 is 12.1 Å².